The summed E-state index contributed by atoms with van der Waals surface area (Å²) >= 11 is 0. The highest BCUT2D eigenvalue weighted by atomic mass is 19.4. The molecule has 2 aromatic rings. The van der Waals surface area contributed by atoms with Crippen LogP contribution in [0.5, 0.6) is 0 Å². The minimum absolute atomic E-state index is 0.260. The number of esters is 1. The van der Waals surface area contributed by atoms with Gasteiger partial charge in [-0.3, -0.25) is 9.69 Å². The van der Waals surface area contributed by atoms with E-state index in [2.05, 4.69) is 30.5 Å². The van der Waals surface area contributed by atoms with Gasteiger partial charge in [0.2, 0.25) is 5.89 Å². The van der Waals surface area contributed by atoms with Crippen LogP contribution in [0.2, 0.25) is 0 Å². The topological polar surface area (TPSA) is 119 Å². The summed E-state index contributed by atoms with van der Waals surface area (Å²) in [5, 5.41) is 13.4. The van der Waals surface area contributed by atoms with Gasteiger partial charge < -0.3 is 24.5 Å². The van der Waals surface area contributed by atoms with Gasteiger partial charge >= 0.3 is 18.2 Å². The Morgan fingerprint density at radius 2 is 1.88 bits per heavy atom. The molecule has 1 unspecified atom stereocenters. The number of anilines is 2. The molecule has 0 radical (unpaired) electrons. The van der Waals surface area contributed by atoms with Crippen LogP contribution in [-0.2, 0) is 19.1 Å². The molecule has 13 heteroatoms. The number of nitrogens with one attached hydrogen (secondary N) is 2. The van der Waals surface area contributed by atoms with E-state index < -0.39 is 24.2 Å². The fourth-order valence-corrected chi connectivity index (χ4v) is 2.95. The minimum atomic E-state index is -5.17. The predicted molar refractivity (Wildman–Crippen MR) is 110 cm³/mol. The quantitative estimate of drug-likeness (QED) is 0.419. The van der Waals surface area contributed by atoms with Crippen LogP contribution in [0.15, 0.2) is 28.7 Å². The van der Waals surface area contributed by atoms with Gasteiger partial charge in [0.1, 0.15) is 0 Å². The maximum Gasteiger partial charge on any atom is 0.490 e. The van der Waals surface area contributed by atoms with E-state index >= 15 is 0 Å². The number of rotatable bonds is 9. The number of amides is 1. The molecule has 180 valence electrons. The minimum Gasteiger partial charge on any atom is -0.446 e. The van der Waals surface area contributed by atoms with Gasteiger partial charge in [0, 0.05) is 30.9 Å². The van der Waals surface area contributed by atoms with E-state index in [-0.39, 0.29) is 11.9 Å². The summed E-state index contributed by atoms with van der Waals surface area (Å²) in [6.45, 7) is 6.03. The molecule has 1 amide bonds. The number of carbonyl (C=O) groups excluding carboxylic acids is 2. The summed E-state index contributed by atoms with van der Waals surface area (Å²) in [6.07, 6.45) is -5.88. The van der Waals surface area contributed by atoms with Gasteiger partial charge in [0.25, 0.3) is 5.91 Å². The van der Waals surface area contributed by atoms with Gasteiger partial charge in [-0.25, -0.2) is 4.79 Å². The van der Waals surface area contributed by atoms with Gasteiger partial charge in [-0.15, -0.1) is 5.10 Å². The van der Waals surface area contributed by atoms with Crippen molar-refractivity contribution in [3.05, 3.63) is 24.3 Å². The van der Waals surface area contributed by atoms with Crippen molar-refractivity contribution in [2.75, 3.05) is 50.0 Å². The maximum absolute atomic E-state index is 12.2. The molecule has 1 aliphatic rings. The molecule has 2 N–H and O–H groups in total. The lowest BCUT2D eigenvalue weighted by molar-refractivity contribution is -0.204. The van der Waals surface area contributed by atoms with E-state index in [1.54, 1.807) is 12.1 Å². The number of alkyl halides is 3. The molecular formula is C20H24F3N5O5. The molecule has 1 aromatic heterocycles. The van der Waals surface area contributed by atoms with Crippen molar-refractivity contribution in [3.63, 3.8) is 0 Å². The summed E-state index contributed by atoms with van der Waals surface area (Å²) in [6, 6.07) is 6.48. The molecule has 1 saturated heterocycles. The first-order valence-electron chi connectivity index (χ1n) is 10.3. The van der Waals surface area contributed by atoms with Crippen LogP contribution in [0.3, 0.4) is 0 Å². The first-order valence-corrected chi connectivity index (χ1v) is 10.3. The zero-order valence-electron chi connectivity index (χ0n) is 17.9. The molecule has 0 saturated carbocycles. The normalized spacial score (nSPS) is 15.6. The van der Waals surface area contributed by atoms with Crippen LogP contribution >= 0.6 is 0 Å². The van der Waals surface area contributed by atoms with Gasteiger partial charge in [-0.2, -0.15) is 13.2 Å². The number of aromatic nitrogens is 2. The lowest BCUT2D eigenvalue weighted by Crippen LogP contribution is -2.37. The number of hydrogen-bond donors (Lipinski definition) is 2. The number of carbonyl (C=O) groups is 2. The number of benzene rings is 1. The molecule has 1 atom stereocenters. The zero-order valence-corrected chi connectivity index (χ0v) is 17.9. The van der Waals surface area contributed by atoms with Crippen molar-refractivity contribution in [1.29, 1.82) is 0 Å². The molecule has 3 rings (SSSR count). The molecule has 2 heterocycles. The van der Waals surface area contributed by atoms with Gasteiger partial charge in [-0.1, -0.05) is 5.10 Å². The fraction of sp³-hybridized carbons (Fsp3) is 0.500. The Morgan fingerprint density at radius 1 is 1.18 bits per heavy atom. The van der Waals surface area contributed by atoms with Crippen LogP contribution < -0.4 is 10.6 Å². The average Bonchev–Trinajstić information content (AvgIpc) is 3.26. The third kappa shape index (κ3) is 7.43. The first-order chi connectivity index (χ1) is 15.7. The lowest BCUT2D eigenvalue weighted by Gasteiger charge is -2.26. The number of nitrogens with zero attached hydrogens (tertiary/aromatic N) is 3. The number of morpholine rings is 1. The second-order valence-electron chi connectivity index (χ2n) is 7.26. The number of hydrogen-bond acceptors (Lipinski definition) is 9. The molecule has 1 aliphatic heterocycles. The van der Waals surface area contributed by atoms with Crippen molar-refractivity contribution in [2.45, 2.75) is 25.6 Å². The molecule has 1 aromatic carbocycles. The molecule has 10 nitrogen and oxygen atoms in total. The van der Waals surface area contributed by atoms with E-state index in [9.17, 15) is 22.8 Å². The Bertz CT molecular complexity index is 929. The highest BCUT2D eigenvalue weighted by Crippen LogP contribution is 2.22. The maximum atomic E-state index is 12.2. The first kappa shape index (κ1) is 24.5. The van der Waals surface area contributed by atoms with Crippen LogP contribution in [0.1, 0.15) is 13.3 Å². The monoisotopic (exact) mass is 471 g/mol. The third-order valence-electron chi connectivity index (χ3n) is 4.74. The second kappa shape index (κ2) is 11.1. The van der Waals surface area contributed by atoms with Crippen LogP contribution in [0.25, 0.3) is 11.5 Å². The predicted octanol–water partition coefficient (Wildman–Crippen LogP) is 2.30. The Kier molecular flexibility index (Phi) is 8.22. The fourth-order valence-electron chi connectivity index (χ4n) is 2.95. The van der Waals surface area contributed by atoms with Crippen molar-refractivity contribution in [2.24, 2.45) is 0 Å². The van der Waals surface area contributed by atoms with E-state index in [0.29, 0.717) is 17.8 Å². The zero-order chi connectivity index (χ0) is 23.8. The largest absolute Gasteiger partial charge is 0.490 e. The molecule has 0 bridgehead atoms. The standard InChI is InChI=1S/C20H24F3N5O5/c1-13(32-18(30)20(21,22)23)16(29)25-15-5-3-14(4-6-15)17-26-27-19(33-17)24-7-2-8-28-9-11-31-12-10-28/h3-6,13H,2,7-12H2,1H3,(H,24,27)(H,25,29). The highest BCUT2D eigenvalue weighted by Gasteiger charge is 2.42. The lowest BCUT2D eigenvalue weighted by atomic mass is 10.2. The highest BCUT2D eigenvalue weighted by molar-refractivity contribution is 5.95. The molecular weight excluding hydrogens is 447 g/mol. The smallest absolute Gasteiger partial charge is 0.446 e. The van der Waals surface area contributed by atoms with Gasteiger partial charge in [0.05, 0.1) is 13.2 Å². The van der Waals surface area contributed by atoms with E-state index in [0.717, 1.165) is 46.2 Å². The van der Waals surface area contributed by atoms with Crippen LogP contribution in [-0.4, -0.2) is 78.6 Å². The summed E-state index contributed by atoms with van der Waals surface area (Å²) in [4.78, 5) is 25.1. The Morgan fingerprint density at radius 3 is 2.55 bits per heavy atom. The van der Waals surface area contributed by atoms with Crippen LogP contribution in [0.4, 0.5) is 24.9 Å². The molecule has 1 fully saturated rings. The SMILES string of the molecule is CC(OC(=O)C(F)(F)F)C(=O)Nc1ccc(-c2nnc(NCCCN3CCOCC3)o2)cc1. The summed E-state index contributed by atoms with van der Waals surface area (Å²) < 4.78 is 51.7. The van der Waals surface area contributed by atoms with Crippen molar-refractivity contribution in [1.82, 2.24) is 15.1 Å². The molecule has 0 spiro atoms. The molecule has 0 aliphatic carbocycles. The van der Waals surface area contributed by atoms with Crippen LogP contribution in [0, 0.1) is 0 Å². The summed E-state index contributed by atoms with van der Waals surface area (Å²) in [7, 11) is 0. The second-order valence-corrected chi connectivity index (χ2v) is 7.26. The Labute approximate surface area is 187 Å². The number of halogens is 3. The van der Waals surface area contributed by atoms with Crippen molar-refractivity contribution < 1.29 is 36.7 Å². The van der Waals surface area contributed by atoms with Crippen molar-refractivity contribution >= 4 is 23.6 Å². The summed E-state index contributed by atoms with van der Waals surface area (Å²) in [5.41, 5.74) is 0.873. The Hall–Kier alpha value is -3.19. The third-order valence-corrected chi connectivity index (χ3v) is 4.74. The number of ether oxygens (including phenoxy) is 2. The molecule has 33 heavy (non-hydrogen) atoms. The summed E-state index contributed by atoms with van der Waals surface area (Å²) in [5.74, 6) is -3.07. The van der Waals surface area contributed by atoms with Crippen molar-refractivity contribution in [3.8, 4) is 11.5 Å². The van der Waals surface area contributed by atoms with Gasteiger partial charge in [0.15, 0.2) is 6.10 Å². The van der Waals surface area contributed by atoms with E-state index in [1.807, 2.05) is 0 Å². The van der Waals surface area contributed by atoms with E-state index in [4.69, 9.17) is 9.15 Å². The van der Waals surface area contributed by atoms with Gasteiger partial charge in [-0.05, 0) is 44.2 Å². The Balaban J connectivity index is 1.45. The average molecular weight is 471 g/mol. The van der Waals surface area contributed by atoms with E-state index in [1.165, 1.54) is 12.1 Å².